The van der Waals surface area contributed by atoms with Gasteiger partial charge in [-0.15, -0.1) is 0 Å². The molecule has 4 rings (SSSR count). The molecule has 3 N–H and O–H groups in total. The van der Waals surface area contributed by atoms with Crippen LogP contribution in [0.1, 0.15) is 12.8 Å². The number of pyridine rings is 1. The van der Waals surface area contributed by atoms with Gasteiger partial charge in [0, 0.05) is 48.2 Å². The van der Waals surface area contributed by atoms with Gasteiger partial charge in [0.1, 0.15) is 11.5 Å². The standard InChI is InChI=1S/C23H26N4O4/c1-29-20-10-16(11-21(13-20)30-2)17-9-15-3-4-19(12-22(15)24-14-17)25-23(28)27-26-18-5-7-31-8-6-18/h3-4,9-14,18,26H,5-8H2,1-2H3,(H2,25,27,28). The van der Waals surface area contributed by atoms with Gasteiger partial charge in [0.2, 0.25) is 0 Å². The number of hydrogen-bond donors (Lipinski definition) is 3. The summed E-state index contributed by atoms with van der Waals surface area (Å²) in [6, 6.07) is 13.3. The second-order valence-electron chi connectivity index (χ2n) is 7.34. The molecule has 0 atom stereocenters. The number of aromatic nitrogens is 1. The monoisotopic (exact) mass is 422 g/mol. The van der Waals surface area contributed by atoms with Crippen LogP contribution in [0, 0.1) is 0 Å². The zero-order valence-electron chi connectivity index (χ0n) is 17.6. The Balaban J connectivity index is 1.46. The Labute approximate surface area is 180 Å². The molecule has 162 valence electrons. The van der Waals surface area contributed by atoms with Gasteiger partial charge in [0.15, 0.2) is 0 Å². The Kier molecular flexibility index (Phi) is 6.49. The highest BCUT2D eigenvalue weighted by Gasteiger charge is 2.14. The highest BCUT2D eigenvalue weighted by molar-refractivity contribution is 5.93. The molecule has 8 nitrogen and oxygen atoms in total. The van der Waals surface area contributed by atoms with Crippen LogP contribution in [-0.2, 0) is 4.74 Å². The van der Waals surface area contributed by atoms with Gasteiger partial charge in [-0.3, -0.25) is 10.4 Å². The van der Waals surface area contributed by atoms with Crippen LogP contribution in [0.15, 0.2) is 48.7 Å². The number of urea groups is 1. The van der Waals surface area contributed by atoms with Crippen LogP contribution in [0.4, 0.5) is 10.5 Å². The Morgan fingerprint density at radius 3 is 2.45 bits per heavy atom. The van der Waals surface area contributed by atoms with E-state index in [9.17, 15) is 4.79 Å². The van der Waals surface area contributed by atoms with Crippen molar-refractivity contribution in [2.45, 2.75) is 18.9 Å². The van der Waals surface area contributed by atoms with E-state index in [0.29, 0.717) is 18.9 Å². The Morgan fingerprint density at radius 1 is 1.00 bits per heavy atom. The third-order valence-corrected chi connectivity index (χ3v) is 5.24. The van der Waals surface area contributed by atoms with Crippen molar-refractivity contribution in [2.24, 2.45) is 0 Å². The van der Waals surface area contributed by atoms with Crippen LogP contribution in [-0.4, -0.2) is 44.5 Å². The molecule has 2 heterocycles. The smallest absolute Gasteiger partial charge is 0.333 e. The summed E-state index contributed by atoms with van der Waals surface area (Å²) in [6.07, 6.45) is 3.55. The number of hydrogen-bond acceptors (Lipinski definition) is 6. The summed E-state index contributed by atoms with van der Waals surface area (Å²) in [6.45, 7) is 1.42. The molecule has 0 radical (unpaired) electrons. The van der Waals surface area contributed by atoms with E-state index < -0.39 is 0 Å². The van der Waals surface area contributed by atoms with E-state index in [2.05, 4.69) is 21.2 Å². The summed E-state index contributed by atoms with van der Waals surface area (Å²) < 4.78 is 16.0. The highest BCUT2D eigenvalue weighted by Crippen LogP contribution is 2.31. The number of anilines is 1. The largest absolute Gasteiger partial charge is 0.497 e. The summed E-state index contributed by atoms with van der Waals surface area (Å²) in [4.78, 5) is 16.8. The molecule has 31 heavy (non-hydrogen) atoms. The second kappa shape index (κ2) is 9.63. The molecule has 0 aliphatic carbocycles. The number of carbonyl (C=O) groups is 1. The maximum atomic E-state index is 12.2. The van der Waals surface area contributed by atoms with Crippen LogP contribution in [0.5, 0.6) is 11.5 Å². The van der Waals surface area contributed by atoms with Crippen molar-refractivity contribution in [1.29, 1.82) is 0 Å². The van der Waals surface area contributed by atoms with E-state index in [4.69, 9.17) is 14.2 Å². The van der Waals surface area contributed by atoms with Gasteiger partial charge < -0.3 is 19.5 Å². The average molecular weight is 422 g/mol. The third kappa shape index (κ3) is 5.22. The molecule has 3 aromatic rings. The van der Waals surface area contributed by atoms with Crippen molar-refractivity contribution >= 4 is 22.6 Å². The van der Waals surface area contributed by atoms with Gasteiger partial charge in [-0.05, 0) is 48.7 Å². The molecule has 2 amide bonds. The van der Waals surface area contributed by atoms with E-state index in [0.717, 1.165) is 46.4 Å². The lowest BCUT2D eigenvalue weighted by Gasteiger charge is -2.23. The minimum atomic E-state index is -0.314. The third-order valence-electron chi connectivity index (χ3n) is 5.24. The molecule has 0 saturated carbocycles. The van der Waals surface area contributed by atoms with Gasteiger partial charge in [-0.2, -0.15) is 0 Å². The van der Waals surface area contributed by atoms with E-state index in [-0.39, 0.29) is 12.1 Å². The zero-order valence-corrected chi connectivity index (χ0v) is 17.6. The second-order valence-corrected chi connectivity index (χ2v) is 7.34. The van der Waals surface area contributed by atoms with Crippen molar-refractivity contribution in [1.82, 2.24) is 15.8 Å². The van der Waals surface area contributed by atoms with Crippen LogP contribution in [0.25, 0.3) is 22.0 Å². The molecule has 8 heteroatoms. The number of rotatable bonds is 6. The van der Waals surface area contributed by atoms with Crippen LogP contribution in [0.3, 0.4) is 0 Å². The normalized spacial score (nSPS) is 14.3. The lowest BCUT2D eigenvalue weighted by Crippen LogP contribution is -2.48. The molecule has 1 aromatic heterocycles. The molecule has 0 unspecified atom stereocenters. The zero-order chi connectivity index (χ0) is 21.6. The quantitative estimate of drug-likeness (QED) is 0.524. The minimum absolute atomic E-state index is 0.228. The highest BCUT2D eigenvalue weighted by atomic mass is 16.5. The van der Waals surface area contributed by atoms with Gasteiger partial charge >= 0.3 is 6.03 Å². The van der Waals surface area contributed by atoms with Crippen LogP contribution >= 0.6 is 0 Å². The number of fused-ring (bicyclic) bond motifs is 1. The van der Waals surface area contributed by atoms with Crippen molar-refractivity contribution < 1.29 is 19.0 Å². The van der Waals surface area contributed by atoms with Crippen molar-refractivity contribution in [2.75, 3.05) is 32.8 Å². The molecular formula is C23H26N4O4. The SMILES string of the molecule is COc1cc(OC)cc(-c2cnc3cc(NC(=O)NNC4CCOCC4)ccc3c2)c1. The Bertz CT molecular complexity index is 1040. The van der Waals surface area contributed by atoms with E-state index >= 15 is 0 Å². The summed E-state index contributed by atoms with van der Waals surface area (Å²) in [7, 11) is 3.25. The first-order valence-electron chi connectivity index (χ1n) is 10.2. The molecule has 1 aliphatic rings. The summed E-state index contributed by atoms with van der Waals surface area (Å²) in [5.41, 5.74) is 9.10. The topological polar surface area (TPSA) is 93.7 Å². The predicted octanol–water partition coefficient (Wildman–Crippen LogP) is 3.72. The predicted molar refractivity (Wildman–Crippen MR) is 119 cm³/mol. The fourth-order valence-corrected chi connectivity index (χ4v) is 3.50. The summed E-state index contributed by atoms with van der Waals surface area (Å²) in [5, 5.41) is 3.80. The molecule has 0 spiro atoms. The summed E-state index contributed by atoms with van der Waals surface area (Å²) >= 11 is 0. The first-order chi connectivity index (χ1) is 15.1. The number of hydrazine groups is 1. The molecule has 0 bridgehead atoms. The summed E-state index contributed by atoms with van der Waals surface area (Å²) in [5.74, 6) is 1.43. The number of benzene rings is 2. The fraction of sp³-hybridized carbons (Fsp3) is 0.304. The first kappa shape index (κ1) is 20.9. The number of methoxy groups -OCH3 is 2. The Hall–Kier alpha value is -3.36. The molecule has 2 aromatic carbocycles. The minimum Gasteiger partial charge on any atom is -0.497 e. The van der Waals surface area contributed by atoms with Gasteiger partial charge in [0.05, 0.1) is 19.7 Å². The van der Waals surface area contributed by atoms with E-state index in [1.807, 2.05) is 42.5 Å². The van der Waals surface area contributed by atoms with Crippen molar-refractivity contribution in [3.8, 4) is 22.6 Å². The van der Waals surface area contributed by atoms with Crippen LogP contribution in [0.2, 0.25) is 0 Å². The maximum Gasteiger partial charge on any atom is 0.333 e. The molecular weight excluding hydrogens is 396 g/mol. The number of nitrogens with one attached hydrogen (secondary N) is 3. The van der Waals surface area contributed by atoms with Crippen molar-refractivity contribution in [3.63, 3.8) is 0 Å². The number of carbonyl (C=O) groups excluding carboxylic acids is 1. The lowest BCUT2D eigenvalue weighted by atomic mass is 10.0. The number of nitrogens with zero attached hydrogens (tertiary/aromatic N) is 1. The van der Waals surface area contributed by atoms with E-state index in [1.165, 1.54) is 0 Å². The lowest BCUT2D eigenvalue weighted by molar-refractivity contribution is 0.0753. The number of ether oxygens (including phenoxy) is 3. The molecule has 1 fully saturated rings. The maximum absolute atomic E-state index is 12.2. The van der Waals surface area contributed by atoms with Crippen molar-refractivity contribution in [3.05, 3.63) is 48.7 Å². The first-order valence-corrected chi connectivity index (χ1v) is 10.2. The average Bonchev–Trinajstić information content (AvgIpc) is 2.82. The van der Waals surface area contributed by atoms with Gasteiger partial charge in [-0.1, -0.05) is 6.07 Å². The van der Waals surface area contributed by atoms with Crippen LogP contribution < -0.4 is 25.6 Å². The van der Waals surface area contributed by atoms with Gasteiger partial charge in [0.25, 0.3) is 0 Å². The van der Waals surface area contributed by atoms with E-state index in [1.54, 1.807) is 20.4 Å². The fourth-order valence-electron chi connectivity index (χ4n) is 3.50. The molecule has 1 aliphatic heterocycles. The Morgan fingerprint density at radius 2 is 1.74 bits per heavy atom. The van der Waals surface area contributed by atoms with Gasteiger partial charge in [-0.25, -0.2) is 10.2 Å². The molecule has 1 saturated heterocycles. The number of amides is 2.